The van der Waals surface area contributed by atoms with Crippen LogP contribution in [0.25, 0.3) is 0 Å². The summed E-state index contributed by atoms with van der Waals surface area (Å²) in [5.41, 5.74) is 0.378. The van der Waals surface area contributed by atoms with Gasteiger partial charge in [-0.1, -0.05) is 30.3 Å². The minimum atomic E-state index is -0.932. The van der Waals surface area contributed by atoms with E-state index in [1.54, 1.807) is 41.5 Å². The summed E-state index contributed by atoms with van der Waals surface area (Å²) in [6.07, 6.45) is 0.166. The summed E-state index contributed by atoms with van der Waals surface area (Å²) in [7, 11) is 0. The maximum atomic E-state index is 13.0. The minimum absolute atomic E-state index is 0.0470. The summed E-state index contributed by atoms with van der Waals surface area (Å²) >= 11 is 0. The van der Waals surface area contributed by atoms with Crippen molar-refractivity contribution in [1.82, 2.24) is 14.5 Å². The standard InChI is InChI=1S/C24H31N3O6/c1-23(2,3)32-21(29)26-13-19-17(25-15-27(19)22(30)33-24(4,5)6)12-18(26)20(28)31-14-16-10-8-7-9-11-16/h7-11,15,18H,12-14H2,1-6H3/t18-/m0/s1. The Balaban J connectivity index is 1.85. The summed E-state index contributed by atoms with van der Waals surface area (Å²) in [5, 5.41) is 0. The van der Waals surface area contributed by atoms with E-state index in [1.807, 2.05) is 30.3 Å². The zero-order chi connectivity index (χ0) is 24.4. The van der Waals surface area contributed by atoms with Crippen LogP contribution in [0.4, 0.5) is 9.59 Å². The van der Waals surface area contributed by atoms with E-state index in [0.717, 1.165) is 5.56 Å². The second-order valence-corrected chi connectivity index (χ2v) is 9.91. The van der Waals surface area contributed by atoms with Crippen molar-refractivity contribution in [2.45, 2.75) is 78.4 Å². The second kappa shape index (κ2) is 9.25. The lowest BCUT2D eigenvalue weighted by Gasteiger charge is -2.35. The summed E-state index contributed by atoms with van der Waals surface area (Å²) in [5.74, 6) is -0.567. The monoisotopic (exact) mass is 457 g/mol. The Hall–Kier alpha value is -3.36. The lowest BCUT2D eigenvalue weighted by Crippen LogP contribution is -2.51. The average molecular weight is 458 g/mol. The molecule has 1 amide bonds. The molecule has 0 bridgehead atoms. The van der Waals surface area contributed by atoms with Crippen molar-refractivity contribution in [2.24, 2.45) is 0 Å². The van der Waals surface area contributed by atoms with Crippen LogP contribution in [-0.4, -0.2) is 49.9 Å². The fraction of sp³-hybridized carbons (Fsp3) is 0.500. The number of amides is 1. The van der Waals surface area contributed by atoms with Crippen molar-refractivity contribution in [1.29, 1.82) is 0 Å². The van der Waals surface area contributed by atoms with Crippen LogP contribution < -0.4 is 0 Å². The first kappa shape index (κ1) is 24.3. The molecule has 0 N–H and O–H groups in total. The Morgan fingerprint density at radius 3 is 2.18 bits per heavy atom. The van der Waals surface area contributed by atoms with Gasteiger partial charge in [-0.05, 0) is 47.1 Å². The topological polar surface area (TPSA) is 100.0 Å². The third kappa shape index (κ3) is 6.34. The lowest BCUT2D eigenvalue weighted by molar-refractivity contribution is -0.152. The predicted octanol–water partition coefficient (Wildman–Crippen LogP) is 4.07. The molecule has 9 heteroatoms. The predicted molar refractivity (Wildman–Crippen MR) is 119 cm³/mol. The molecule has 1 aromatic carbocycles. The molecule has 1 atom stereocenters. The molecule has 0 aliphatic carbocycles. The van der Waals surface area contributed by atoms with Crippen LogP contribution in [0.2, 0.25) is 0 Å². The number of carbonyl (C=O) groups is 3. The number of fused-ring (bicyclic) bond motifs is 1. The highest BCUT2D eigenvalue weighted by atomic mass is 16.6. The Morgan fingerprint density at radius 1 is 0.970 bits per heavy atom. The number of carbonyl (C=O) groups excluding carboxylic acids is 3. The Bertz CT molecular complexity index is 1020. The molecule has 9 nitrogen and oxygen atoms in total. The summed E-state index contributed by atoms with van der Waals surface area (Å²) < 4.78 is 17.7. The van der Waals surface area contributed by atoms with E-state index in [2.05, 4.69) is 4.98 Å². The van der Waals surface area contributed by atoms with E-state index < -0.39 is 35.4 Å². The molecule has 0 saturated carbocycles. The number of esters is 1. The van der Waals surface area contributed by atoms with Gasteiger partial charge < -0.3 is 14.2 Å². The molecule has 33 heavy (non-hydrogen) atoms. The van der Waals surface area contributed by atoms with E-state index in [4.69, 9.17) is 14.2 Å². The Morgan fingerprint density at radius 2 is 1.58 bits per heavy atom. The zero-order valence-electron chi connectivity index (χ0n) is 20.0. The van der Waals surface area contributed by atoms with E-state index in [9.17, 15) is 14.4 Å². The van der Waals surface area contributed by atoms with Crippen molar-refractivity contribution in [3.63, 3.8) is 0 Å². The summed E-state index contributed by atoms with van der Waals surface area (Å²) in [4.78, 5) is 44.2. The number of hydrogen-bond donors (Lipinski definition) is 0. The number of ether oxygens (including phenoxy) is 3. The molecule has 2 aromatic rings. The molecule has 2 heterocycles. The van der Waals surface area contributed by atoms with Gasteiger partial charge in [0.25, 0.3) is 0 Å². The quantitative estimate of drug-likeness (QED) is 0.506. The van der Waals surface area contributed by atoms with Gasteiger partial charge in [0.1, 0.15) is 30.2 Å². The molecule has 0 saturated heterocycles. The molecule has 0 radical (unpaired) electrons. The molecule has 1 aliphatic heterocycles. The fourth-order valence-electron chi connectivity index (χ4n) is 3.33. The number of imidazole rings is 1. The molecular formula is C24H31N3O6. The van der Waals surface area contributed by atoms with Gasteiger partial charge in [0.15, 0.2) is 0 Å². The van der Waals surface area contributed by atoms with Gasteiger partial charge in [-0.15, -0.1) is 0 Å². The first-order valence-electron chi connectivity index (χ1n) is 10.8. The molecule has 0 fully saturated rings. The van der Waals surface area contributed by atoms with Crippen molar-refractivity contribution < 1.29 is 28.6 Å². The van der Waals surface area contributed by atoms with Crippen LogP contribution in [0.15, 0.2) is 36.7 Å². The molecule has 1 aliphatic rings. The molecule has 0 unspecified atom stereocenters. The number of nitrogens with zero attached hydrogens (tertiary/aromatic N) is 3. The van der Waals surface area contributed by atoms with Crippen molar-refractivity contribution in [3.8, 4) is 0 Å². The van der Waals surface area contributed by atoms with Gasteiger partial charge in [0, 0.05) is 6.42 Å². The van der Waals surface area contributed by atoms with Crippen LogP contribution in [0.5, 0.6) is 0 Å². The lowest BCUT2D eigenvalue weighted by atomic mass is 10.0. The van der Waals surface area contributed by atoms with Crippen LogP contribution in [0.3, 0.4) is 0 Å². The van der Waals surface area contributed by atoms with E-state index in [1.165, 1.54) is 15.8 Å². The highest BCUT2D eigenvalue weighted by molar-refractivity contribution is 5.83. The maximum absolute atomic E-state index is 13.0. The molecular weight excluding hydrogens is 426 g/mol. The molecule has 3 rings (SSSR count). The largest absolute Gasteiger partial charge is 0.459 e. The van der Waals surface area contributed by atoms with Crippen molar-refractivity contribution in [2.75, 3.05) is 0 Å². The molecule has 1 aromatic heterocycles. The third-order valence-corrected chi connectivity index (χ3v) is 4.75. The number of rotatable bonds is 3. The van der Waals surface area contributed by atoms with Gasteiger partial charge >= 0.3 is 18.2 Å². The SMILES string of the molecule is CC(C)(C)OC(=O)N1Cc2c(ncn2C(=O)OC(C)(C)C)C[C@H]1C(=O)OCc1ccccc1. The van der Waals surface area contributed by atoms with Crippen LogP contribution in [0.1, 0.15) is 58.5 Å². The fourth-order valence-corrected chi connectivity index (χ4v) is 3.33. The third-order valence-electron chi connectivity index (χ3n) is 4.75. The average Bonchev–Trinajstić information content (AvgIpc) is 3.12. The van der Waals surface area contributed by atoms with Gasteiger partial charge in [-0.3, -0.25) is 4.90 Å². The zero-order valence-corrected chi connectivity index (χ0v) is 20.0. The number of benzene rings is 1. The summed E-state index contributed by atoms with van der Waals surface area (Å²) in [6.45, 7) is 10.6. The van der Waals surface area contributed by atoms with Crippen molar-refractivity contribution >= 4 is 18.2 Å². The number of aromatic nitrogens is 2. The van der Waals surface area contributed by atoms with E-state index in [0.29, 0.717) is 11.4 Å². The Kier molecular flexibility index (Phi) is 6.81. The second-order valence-electron chi connectivity index (χ2n) is 9.91. The van der Waals surface area contributed by atoms with Crippen LogP contribution >= 0.6 is 0 Å². The molecule has 178 valence electrons. The van der Waals surface area contributed by atoms with E-state index in [-0.39, 0.29) is 19.6 Å². The van der Waals surface area contributed by atoms with Crippen LogP contribution in [0, 0.1) is 0 Å². The minimum Gasteiger partial charge on any atom is -0.459 e. The maximum Gasteiger partial charge on any atom is 0.420 e. The number of hydrogen-bond acceptors (Lipinski definition) is 7. The van der Waals surface area contributed by atoms with Gasteiger partial charge in [-0.25, -0.2) is 23.9 Å². The van der Waals surface area contributed by atoms with Crippen LogP contribution in [-0.2, 0) is 38.6 Å². The van der Waals surface area contributed by atoms with Gasteiger partial charge in [0.05, 0.1) is 17.9 Å². The van der Waals surface area contributed by atoms with Crippen molar-refractivity contribution in [3.05, 3.63) is 53.6 Å². The first-order valence-corrected chi connectivity index (χ1v) is 10.8. The Labute approximate surface area is 193 Å². The first-order chi connectivity index (χ1) is 15.3. The molecule has 0 spiro atoms. The van der Waals surface area contributed by atoms with Gasteiger partial charge in [0.2, 0.25) is 0 Å². The highest BCUT2D eigenvalue weighted by Crippen LogP contribution is 2.26. The summed E-state index contributed by atoms with van der Waals surface area (Å²) in [6, 6.07) is 8.34. The van der Waals surface area contributed by atoms with E-state index >= 15 is 0 Å². The van der Waals surface area contributed by atoms with Gasteiger partial charge in [-0.2, -0.15) is 0 Å². The highest BCUT2D eigenvalue weighted by Gasteiger charge is 2.41. The smallest absolute Gasteiger partial charge is 0.420 e. The normalized spacial score (nSPS) is 16.1.